The predicted molar refractivity (Wildman–Crippen MR) is 171 cm³/mol. The maximum Gasteiger partial charge on any atom is 0.182 e. The Morgan fingerprint density at radius 3 is 1.95 bits per heavy atom. The van der Waals surface area contributed by atoms with Crippen LogP contribution in [0.1, 0.15) is 27.7 Å². The molecule has 0 aliphatic carbocycles. The van der Waals surface area contributed by atoms with E-state index in [1.165, 1.54) is 0 Å². The fourth-order valence-corrected chi connectivity index (χ4v) is 5.80. The number of rotatable bonds is 7. The first-order chi connectivity index (χ1) is 21.2. The largest absolute Gasteiger partial charge is 0.456 e. The van der Waals surface area contributed by atoms with E-state index in [1.54, 1.807) is 0 Å². The van der Waals surface area contributed by atoms with Crippen molar-refractivity contribution in [3.05, 3.63) is 156 Å². The first kappa shape index (κ1) is 25.1. The summed E-state index contributed by atoms with van der Waals surface area (Å²) in [6.45, 7) is 0.187. The Labute approximate surface area is 247 Å². The topological polar surface area (TPSA) is 61.2 Å². The van der Waals surface area contributed by atoms with Gasteiger partial charge in [-0.2, -0.15) is 0 Å². The Morgan fingerprint density at radius 2 is 1.26 bits per heavy atom. The molecule has 0 atom stereocenters. The normalized spacial score (nSPS) is 11.5. The molecule has 43 heavy (non-hydrogen) atoms. The van der Waals surface area contributed by atoms with Crippen molar-refractivity contribution >= 4 is 55.1 Å². The van der Waals surface area contributed by atoms with E-state index < -0.39 is 0 Å². The monoisotopic (exact) mass is 558 g/mol. The van der Waals surface area contributed by atoms with Crippen LogP contribution in [-0.4, -0.2) is 15.3 Å². The van der Waals surface area contributed by atoms with Crippen molar-refractivity contribution in [3.8, 4) is 0 Å². The van der Waals surface area contributed by atoms with Crippen molar-refractivity contribution < 1.29 is 13.6 Å². The standard InChI is InChI=1S/C38H26N2O3/c41-33(27-18-17-25-9-1-2-10-26(25)21-27)24-40-32-14-6-5-13-31(32)39-38(40)20-19-30(36-22-28-11-3-7-15-34(28)42-36)37-23-29-12-4-8-16-35(29)43-37/h1-19,21-23H,20,24H2. The molecule has 0 radical (unpaired) electrons. The lowest BCUT2D eigenvalue weighted by atomic mass is 10.0. The third-order valence-electron chi connectivity index (χ3n) is 7.98. The van der Waals surface area contributed by atoms with Crippen molar-refractivity contribution in [1.29, 1.82) is 0 Å². The molecule has 5 aromatic carbocycles. The first-order valence-electron chi connectivity index (χ1n) is 14.3. The molecule has 3 heterocycles. The molecule has 3 aromatic heterocycles. The van der Waals surface area contributed by atoms with Gasteiger partial charge in [-0.3, -0.25) is 4.79 Å². The van der Waals surface area contributed by atoms with Gasteiger partial charge in [0.25, 0.3) is 0 Å². The third-order valence-corrected chi connectivity index (χ3v) is 7.98. The van der Waals surface area contributed by atoms with Gasteiger partial charge in [-0.05, 0) is 53.2 Å². The van der Waals surface area contributed by atoms with Crippen molar-refractivity contribution in [2.75, 3.05) is 0 Å². The summed E-state index contributed by atoms with van der Waals surface area (Å²) in [7, 11) is 0. The van der Waals surface area contributed by atoms with Gasteiger partial charge in [-0.15, -0.1) is 0 Å². The molecule has 0 aliphatic rings. The molecule has 0 spiro atoms. The maximum atomic E-state index is 13.6. The number of hydrogen-bond donors (Lipinski definition) is 0. The summed E-state index contributed by atoms with van der Waals surface area (Å²) in [5.74, 6) is 2.26. The minimum atomic E-state index is 0.0360. The smallest absolute Gasteiger partial charge is 0.182 e. The average molecular weight is 559 g/mol. The van der Waals surface area contributed by atoms with Crippen LogP contribution in [0.5, 0.6) is 0 Å². The minimum absolute atomic E-state index is 0.0360. The number of imidazole rings is 1. The van der Waals surface area contributed by atoms with Crippen molar-refractivity contribution in [2.24, 2.45) is 0 Å². The molecule has 0 saturated carbocycles. The van der Waals surface area contributed by atoms with Gasteiger partial charge in [-0.1, -0.05) is 91.0 Å². The van der Waals surface area contributed by atoms with Crippen LogP contribution in [-0.2, 0) is 13.0 Å². The van der Waals surface area contributed by atoms with Crippen LogP contribution < -0.4 is 0 Å². The number of carbonyl (C=O) groups excluding carboxylic acids is 1. The second kappa shape index (κ2) is 10.3. The number of aromatic nitrogens is 2. The Kier molecular flexibility index (Phi) is 6.00. The summed E-state index contributed by atoms with van der Waals surface area (Å²) in [4.78, 5) is 18.6. The number of benzene rings is 5. The van der Waals surface area contributed by atoms with Crippen LogP contribution in [0.4, 0.5) is 0 Å². The predicted octanol–water partition coefficient (Wildman–Crippen LogP) is 9.24. The molecule has 206 valence electrons. The van der Waals surface area contributed by atoms with E-state index in [2.05, 4.69) is 12.1 Å². The fourth-order valence-electron chi connectivity index (χ4n) is 5.80. The van der Waals surface area contributed by atoms with Crippen LogP contribution >= 0.6 is 0 Å². The zero-order chi connectivity index (χ0) is 28.8. The van der Waals surface area contributed by atoms with Gasteiger partial charge in [0.15, 0.2) is 5.78 Å². The maximum absolute atomic E-state index is 13.6. The molecule has 0 amide bonds. The highest BCUT2D eigenvalue weighted by atomic mass is 16.4. The lowest BCUT2D eigenvalue weighted by Crippen LogP contribution is -2.13. The third kappa shape index (κ3) is 4.61. The zero-order valence-electron chi connectivity index (χ0n) is 23.2. The van der Waals surface area contributed by atoms with Gasteiger partial charge >= 0.3 is 0 Å². The fraction of sp³-hybridized carbons (Fsp3) is 0.0526. The number of ketones is 1. The highest BCUT2D eigenvalue weighted by Gasteiger charge is 2.18. The number of Topliss-reactive ketones (excluding diaryl/α,β-unsaturated/α-hetero) is 1. The quantitative estimate of drug-likeness (QED) is 0.183. The van der Waals surface area contributed by atoms with Gasteiger partial charge in [0.2, 0.25) is 0 Å². The van der Waals surface area contributed by atoms with Gasteiger partial charge in [0.05, 0.1) is 23.2 Å². The van der Waals surface area contributed by atoms with Gasteiger partial charge in [-0.25, -0.2) is 4.98 Å². The van der Waals surface area contributed by atoms with Crippen molar-refractivity contribution in [1.82, 2.24) is 9.55 Å². The molecule has 0 aliphatic heterocycles. The molecule has 8 aromatic rings. The molecule has 0 N–H and O–H groups in total. The Balaban J connectivity index is 1.21. The van der Waals surface area contributed by atoms with Gasteiger partial charge in [0.1, 0.15) is 28.5 Å². The number of para-hydroxylation sites is 4. The molecule has 8 rings (SSSR count). The lowest BCUT2D eigenvalue weighted by molar-refractivity contribution is 0.0972. The number of fused-ring (bicyclic) bond motifs is 4. The van der Waals surface area contributed by atoms with E-state index in [4.69, 9.17) is 13.8 Å². The zero-order valence-corrected chi connectivity index (χ0v) is 23.2. The van der Waals surface area contributed by atoms with E-state index in [-0.39, 0.29) is 12.3 Å². The minimum Gasteiger partial charge on any atom is -0.456 e. The first-order valence-corrected chi connectivity index (χ1v) is 14.3. The summed E-state index contributed by atoms with van der Waals surface area (Å²) >= 11 is 0. The van der Waals surface area contributed by atoms with Gasteiger partial charge in [0, 0.05) is 22.8 Å². The molecule has 0 unspecified atom stereocenters. The summed E-state index contributed by atoms with van der Waals surface area (Å²) < 4.78 is 14.6. The summed E-state index contributed by atoms with van der Waals surface area (Å²) in [5, 5.41) is 4.20. The number of nitrogens with zero attached hydrogens (tertiary/aromatic N) is 2. The van der Waals surface area contributed by atoms with Crippen molar-refractivity contribution in [3.63, 3.8) is 0 Å². The molecular weight excluding hydrogens is 532 g/mol. The molecule has 0 bridgehead atoms. The Morgan fingerprint density at radius 1 is 0.651 bits per heavy atom. The van der Waals surface area contributed by atoms with Crippen LogP contribution in [0.15, 0.2) is 142 Å². The average Bonchev–Trinajstić information content (AvgIpc) is 3.76. The second-order valence-electron chi connectivity index (χ2n) is 10.7. The van der Waals surface area contributed by atoms with Crippen molar-refractivity contribution in [2.45, 2.75) is 13.0 Å². The Bertz CT molecular complexity index is 2190. The van der Waals surface area contributed by atoms with E-state index >= 15 is 0 Å². The van der Waals surface area contributed by atoms with E-state index in [1.807, 2.05) is 126 Å². The number of hydrogen-bond acceptors (Lipinski definition) is 4. The number of furan rings is 2. The SMILES string of the molecule is O=C(Cn1c(CC=C(c2cc3ccccc3o2)c2cc3ccccc3o2)nc2ccccc21)c1ccc2ccccc2c1. The van der Waals surface area contributed by atoms with E-state index in [9.17, 15) is 4.79 Å². The summed E-state index contributed by atoms with van der Waals surface area (Å²) in [5.41, 5.74) is 4.93. The number of allylic oxidation sites excluding steroid dienone is 1. The number of carbonyl (C=O) groups is 1. The van der Waals surface area contributed by atoms with Crippen LogP contribution in [0, 0.1) is 0 Å². The summed E-state index contributed by atoms with van der Waals surface area (Å²) in [6, 6.07) is 42.0. The lowest BCUT2D eigenvalue weighted by Gasteiger charge is -2.09. The highest BCUT2D eigenvalue weighted by Crippen LogP contribution is 2.33. The summed E-state index contributed by atoms with van der Waals surface area (Å²) in [6.07, 6.45) is 2.57. The van der Waals surface area contributed by atoms with Gasteiger partial charge < -0.3 is 13.4 Å². The van der Waals surface area contributed by atoms with E-state index in [0.29, 0.717) is 12.0 Å². The Hall–Kier alpha value is -5.68. The molecule has 0 saturated heterocycles. The molecule has 0 fully saturated rings. The van der Waals surface area contributed by atoms with E-state index in [0.717, 1.165) is 66.7 Å². The molecular formula is C38H26N2O3. The molecule has 5 heteroatoms. The molecule has 5 nitrogen and oxygen atoms in total. The van der Waals surface area contributed by atoms with Crippen LogP contribution in [0.3, 0.4) is 0 Å². The van der Waals surface area contributed by atoms with Crippen LogP contribution in [0.25, 0.3) is 49.3 Å². The second-order valence-corrected chi connectivity index (χ2v) is 10.7. The highest BCUT2D eigenvalue weighted by molar-refractivity contribution is 6.00. The van der Waals surface area contributed by atoms with Crippen LogP contribution in [0.2, 0.25) is 0 Å².